The summed E-state index contributed by atoms with van der Waals surface area (Å²) < 4.78 is 0. The van der Waals surface area contributed by atoms with Crippen LogP contribution in [0.1, 0.15) is 19.8 Å². The first-order valence-corrected chi connectivity index (χ1v) is 6.09. The van der Waals surface area contributed by atoms with Crippen molar-refractivity contribution in [3.05, 3.63) is 28.2 Å². The smallest absolute Gasteiger partial charge is 0.224 e. The lowest BCUT2D eigenvalue weighted by Crippen LogP contribution is -2.26. The lowest BCUT2D eigenvalue weighted by Gasteiger charge is -2.13. The average molecular weight is 289 g/mol. The molecule has 0 saturated carbocycles. The van der Waals surface area contributed by atoms with Crippen LogP contribution in [0.5, 0.6) is 0 Å². The second-order valence-corrected chi connectivity index (χ2v) is 4.82. The van der Waals surface area contributed by atoms with Crippen molar-refractivity contribution in [3.8, 4) is 0 Å². The van der Waals surface area contributed by atoms with E-state index in [9.17, 15) is 14.7 Å². The highest BCUT2D eigenvalue weighted by Crippen LogP contribution is 2.29. The summed E-state index contributed by atoms with van der Waals surface area (Å²) in [4.78, 5) is 22.0. The minimum absolute atomic E-state index is 0.0802. The Kier molecular flexibility index (Phi) is 5.44. The molecular weight excluding hydrogens is 277 g/mol. The first kappa shape index (κ1) is 14.8. The van der Waals surface area contributed by atoms with Crippen LogP contribution in [-0.4, -0.2) is 11.9 Å². The molecule has 0 heterocycles. The van der Waals surface area contributed by atoms with Crippen LogP contribution < -0.4 is 10.4 Å². The average Bonchev–Trinajstić information content (AvgIpc) is 2.23. The highest BCUT2D eigenvalue weighted by Gasteiger charge is 2.12. The molecule has 0 bridgehead atoms. The fourth-order valence-corrected chi connectivity index (χ4v) is 1.82. The van der Waals surface area contributed by atoms with Crippen molar-refractivity contribution < 1.29 is 14.7 Å². The summed E-state index contributed by atoms with van der Waals surface area (Å²) in [5.41, 5.74) is 0.412. The predicted octanol–water partition coefficient (Wildman–Crippen LogP) is 2.10. The third-order valence-electron chi connectivity index (χ3n) is 2.27. The van der Waals surface area contributed by atoms with Crippen LogP contribution in [0.15, 0.2) is 18.2 Å². The summed E-state index contributed by atoms with van der Waals surface area (Å²) >= 11 is 11.7. The van der Waals surface area contributed by atoms with E-state index in [0.29, 0.717) is 10.7 Å². The van der Waals surface area contributed by atoms with Crippen LogP contribution in [-0.2, 0) is 9.59 Å². The zero-order valence-corrected chi connectivity index (χ0v) is 11.2. The van der Waals surface area contributed by atoms with Crippen molar-refractivity contribution in [2.75, 3.05) is 5.32 Å². The Morgan fingerprint density at radius 2 is 2.00 bits per heavy atom. The van der Waals surface area contributed by atoms with Crippen molar-refractivity contribution in [2.24, 2.45) is 5.92 Å². The predicted molar refractivity (Wildman–Crippen MR) is 68.5 cm³/mol. The lowest BCUT2D eigenvalue weighted by atomic mass is 10.0. The molecule has 1 atom stereocenters. The lowest BCUT2D eigenvalue weighted by molar-refractivity contribution is -0.306. The van der Waals surface area contributed by atoms with Gasteiger partial charge in [0.2, 0.25) is 5.91 Å². The van der Waals surface area contributed by atoms with Crippen LogP contribution >= 0.6 is 23.2 Å². The van der Waals surface area contributed by atoms with Gasteiger partial charge in [-0.15, -0.1) is 0 Å². The van der Waals surface area contributed by atoms with E-state index in [0.717, 1.165) is 0 Å². The topological polar surface area (TPSA) is 69.2 Å². The summed E-state index contributed by atoms with van der Waals surface area (Å²) in [6.45, 7) is 1.66. The molecule has 18 heavy (non-hydrogen) atoms. The number of carboxylic acids is 1. The van der Waals surface area contributed by atoms with Gasteiger partial charge in [-0.3, -0.25) is 4.79 Å². The van der Waals surface area contributed by atoms with Gasteiger partial charge in [-0.1, -0.05) is 36.2 Å². The van der Waals surface area contributed by atoms with Gasteiger partial charge in [-0.25, -0.2) is 0 Å². The first-order chi connectivity index (χ1) is 8.40. The third kappa shape index (κ3) is 4.55. The molecular formula is C12H12Cl2NO3-. The van der Waals surface area contributed by atoms with Crippen LogP contribution in [0.3, 0.4) is 0 Å². The van der Waals surface area contributed by atoms with E-state index in [-0.39, 0.29) is 29.7 Å². The summed E-state index contributed by atoms with van der Waals surface area (Å²) in [6, 6.07) is 4.89. The molecule has 0 radical (unpaired) electrons. The minimum Gasteiger partial charge on any atom is -0.550 e. The second kappa shape index (κ2) is 6.61. The molecule has 0 saturated heterocycles. The zero-order valence-electron chi connectivity index (χ0n) is 9.70. The maximum Gasteiger partial charge on any atom is 0.224 e. The van der Waals surface area contributed by atoms with Crippen molar-refractivity contribution in [3.63, 3.8) is 0 Å². The van der Waals surface area contributed by atoms with E-state index in [1.165, 1.54) is 0 Å². The molecule has 0 unspecified atom stereocenters. The first-order valence-electron chi connectivity index (χ1n) is 5.34. The molecule has 1 N–H and O–H groups in total. The monoisotopic (exact) mass is 288 g/mol. The summed E-state index contributed by atoms with van der Waals surface area (Å²) in [7, 11) is 0. The fraction of sp³-hybridized carbons (Fsp3) is 0.333. The number of nitrogens with one attached hydrogen (secondary N) is 1. The molecule has 1 aromatic rings. The number of hydrogen-bond donors (Lipinski definition) is 1. The molecule has 98 valence electrons. The van der Waals surface area contributed by atoms with Gasteiger partial charge in [0.1, 0.15) is 0 Å². The standard InChI is InChI=1S/C12H13Cl2NO3/c1-7(6-11(17)18)5-10(16)15-9-4-2-3-8(13)12(9)14/h2-4,7H,5-6H2,1H3,(H,15,16)(H,17,18)/p-1/t7-/m0/s1. The number of hydrogen-bond acceptors (Lipinski definition) is 3. The van der Waals surface area contributed by atoms with Crippen LogP contribution in [0.4, 0.5) is 5.69 Å². The van der Waals surface area contributed by atoms with Gasteiger partial charge < -0.3 is 15.2 Å². The van der Waals surface area contributed by atoms with Crippen molar-refractivity contribution in [1.82, 2.24) is 0 Å². The van der Waals surface area contributed by atoms with E-state index >= 15 is 0 Å². The number of benzene rings is 1. The van der Waals surface area contributed by atoms with Crippen molar-refractivity contribution in [1.29, 1.82) is 0 Å². The SMILES string of the molecule is C[C@H](CC(=O)[O-])CC(=O)Nc1cccc(Cl)c1Cl. The molecule has 6 heteroatoms. The van der Waals surface area contributed by atoms with E-state index in [2.05, 4.69) is 5.32 Å². The fourth-order valence-electron chi connectivity index (χ4n) is 1.47. The molecule has 0 aliphatic heterocycles. The van der Waals surface area contributed by atoms with Gasteiger partial charge in [0.25, 0.3) is 0 Å². The molecule has 0 aliphatic rings. The molecule has 0 aromatic heterocycles. The zero-order chi connectivity index (χ0) is 13.7. The number of halogens is 2. The number of rotatable bonds is 5. The molecule has 0 fully saturated rings. The third-order valence-corrected chi connectivity index (χ3v) is 3.09. The number of aliphatic carboxylic acids is 1. The second-order valence-electron chi connectivity index (χ2n) is 4.03. The number of anilines is 1. The van der Waals surface area contributed by atoms with Crippen molar-refractivity contribution >= 4 is 40.8 Å². The Morgan fingerprint density at radius 1 is 1.33 bits per heavy atom. The molecule has 1 rings (SSSR count). The summed E-state index contributed by atoms with van der Waals surface area (Å²) in [5.74, 6) is -1.78. The van der Waals surface area contributed by atoms with E-state index in [1.54, 1.807) is 25.1 Å². The molecule has 1 aromatic carbocycles. The number of amides is 1. The van der Waals surface area contributed by atoms with Crippen LogP contribution in [0, 0.1) is 5.92 Å². The molecule has 0 aliphatic carbocycles. The van der Waals surface area contributed by atoms with Crippen LogP contribution in [0.25, 0.3) is 0 Å². The maximum atomic E-state index is 11.6. The van der Waals surface area contributed by atoms with Gasteiger partial charge in [0.05, 0.1) is 15.7 Å². The summed E-state index contributed by atoms with van der Waals surface area (Å²) in [5, 5.41) is 13.6. The summed E-state index contributed by atoms with van der Waals surface area (Å²) in [6.07, 6.45) is -0.0759. The highest BCUT2D eigenvalue weighted by atomic mass is 35.5. The maximum absolute atomic E-state index is 11.6. The van der Waals surface area contributed by atoms with Gasteiger partial charge in [-0.05, 0) is 24.5 Å². The van der Waals surface area contributed by atoms with Crippen molar-refractivity contribution in [2.45, 2.75) is 19.8 Å². The Morgan fingerprint density at radius 3 is 2.61 bits per heavy atom. The van der Waals surface area contributed by atoms with Gasteiger partial charge in [-0.2, -0.15) is 0 Å². The van der Waals surface area contributed by atoms with Gasteiger partial charge in [0, 0.05) is 12.4 Å². The molecule has 4 nitrogen and oxygen atoms in total. The Labute approximate surface area is 115 Å². The van der Waals surface area contributed by atoms with E-state index < -0.39 is 5.97 Å². The number of carbonyl (C=O) groups is 2. The Balaban J connectivity index is 2.59. The van der Waals surface area contributed by atoms with Gasteiger partial charge in [0.15, 0.2) is 0 Å². The number of carboxylic acid groups (broad SMARTS) is 1. The normalized spacial score (nSPS) is 11.9. The van der Waals surface area contributed by atoms with E-state index in [4.69, 9.17) is 23.2 Å². The van der Waals surface area contributed by atoms with E-state index in [1.807, 2.05) is 0 Å². The Hall–Kier alpha value is -1.26. The number of carbonyl (C=O) groups excluding carboxylic acids is 2. The molecule has 0 spiro atoms. The molecule has 1 amide bonds. The quantitative estimate of drug-likeness (QED) is 0.902. The van der Waals surface area contributed by atoms with Gasteiger partial charge >= 0.3 is 0 Å². The Bertz CT molecular complexity index is 463. The highest BCUT2D eigenvalue weighted by molar-refractivity contribution is 6.43. The minimum atomic E-state index is -1.17. The largest absolute Gasteiger partial charge is 0.550 e. The van der Waals surface area contributed by atoms with Crippen LogP contribution in [0.2, 0.25) is 10.0 Å².